The van der Waals surface area contributed by atoms with E-state index in [1.165, 1.54) is 6.26 Å². The average molecular weight is 313 g/mol. The van der Waals surface area contributed by atoms with Gasteiger partial charge in [-0.15, -0.1) is 0 Å². The van der Waals surface area contributed by atoms with Crippen molar-refractivity contribution in [3.05, 3.63) is 29.8 Å². The van der Waals surface area contributed by atoms with Crippen LogP contribution in [0.4, 0.5) is 0 Å². The van der Waals surface area contributed by atoms with Crippen molar-refractivity contribution in [2.75, 3.05) is 25.2 Å². The summed E-state index contributed by atoms with van der Waals surface area (Å²) >= 11 is 0. The lowest BCUT2D eigenvalue weighted by atomic mass is 10.0. The van der Waals surface area contributed by atoms with Crippen LogP contribution in [-0.2, 0) is 9.84 Å². The van der Waals surface area contributed by atoms with Gasteiger partial charge >= 0.3 is 0 Å². The van der Waals surface area contributed by atoms with Gasteiger partial charge in [0.2, 0.25) is 0 Å². The molecule has 0 bridgehead atoms. The van der Waals surface area contributed by atoms with E-state index < -0.39 is 9.84 Å². The third kappa shape index (κ3) is 7.48. The number of hydrogen-bond donors (Lipinski definition) is 1. The second kappa shape index (κ2) is 9.05. The molecule has 120 valence electrons. The van der Waals surface area contributed by atoms with Gasteiger partial charge in [-0.3, -0.25) is 0 Å². The van der Waals surface area contributed by atoms with Crippen molar-refractivity contribution in [1.29, 1.82) is 0 Å². The number of ether oxygens (including phenoxy) is 1. The normalized spacial score (nSPS) is 13.1. The molecule has 0 amide bonds. The fraction of sp³-hybridized carbons (Fsp3) is 0.625. The maximum Gasteiger partial charge on any atom is 0.147 e. The fourth-order valence-corrected chi connectivity index (χ4v) is 2.93. The molecule has 1 rings (SSSR count). The number of rotatable bonds is 10. The molecule has 0 aliphatic rings. The first kappa shape index (κ1) is 18.0. The highest BCUT2D eigenvalue weighted by molar-refractivity contribution is 7.90. The molecule has 0 saturated carbocycles. The van der Waals surface area contributed by atoms with Crippen molar-refractivity contribution in [2.24, 2.45) is 0 Å². The maximum atomic E-state index is 11.3. The first-order valence-corrected chi connectivity index (χ1v) is 9.66. The van der Waals surface area contributed by atoms with E-state index in [1.54, 1.807) is 0 Å². The second-order valence-electron chi connectivity index (χ2n) is 5.28. The lowest BCUT2D eigenvalue weighted by Crippen LogP contribution is -2.23. The van der Waals surface area contributed by atoms with Gasteiger partial charge in [0.1, 0.15) is 15.6 Å². The Morgan fingerprint density at radius 2 is 2.05 bits per heavy atom. The van der Waals surface area contributed by atoms with Gasteiger partial charge in [0.25, 0.3) is 0 Å². The Balaban J connectivity index is 2.73. The third-order valence-corrected chi connectivity index (χ3v) is 4.25. The predicted molar refractivity (Wildman–Crippen MR) is 87.6 cm³/mol. The minimum absolute atomic E-state index is 0.173. The average Bonchev–Trinajstić information content (AvgIpc) is 2.42. The van der Waals surface area contributed by atoms with Gasteiger partial charge in [0, 0.05) is 18.1 Å². The van der Waals surface area contributed by atoms with Gasteiger partial charge in [0.05, 0.1) is 6.61 Å². The molecule has 21 heavy (non-hydrogen) atoms. The van der Waals surface area contributed by atoms with Gasteiger partial charge in [-0.2, -0.15) is 0 Å². The van der Waals surface area contributed by atoms with Crippen LogP contribution in [0.2, 0.25) is 0 Å². The molecule has 0 radical (unpaired) electrons. The van der Waals surface area contributed by atoms with Crippen LogP contribution in [-0.4, -0.2) is 33.6 Å². The number of hydrogen-bond acceptors (Lipinski definition) is 4. The molecule has 1 aromatic rings. The molecular formula is C16H27NO3S. The summed E-state index contributed by atoms with van der Waals surface area (Å²) in [5.74, 6) is 1.10. The van der Waals surface area contributed by atoms with E-state index in [9.17, 15) is 8.42 Å². The van der Waals surface area contributed by atoms with E-state index in [-0.39, 0.29) is 11.8 Å². The Bertz CT molecular complexity index is 514. The molecule has 4 nitrogen and oxygen atoms in total. The topological polar surface area (TPSA) is 55.4 Å². The van der Waals surface area contributed by atoms with E-state index in [0.717, 1.165) is 30.7 Å². The summed E-state index contributed by atoms with van der Waals surface area (Å²) in [6, 6.07) is 8.21. The van der Waals surface area contributed by atoms with E-state index in [1.807, 2.05) is 25.1 Å². The summed E-state index contributed by atoms with van der Waals surface area (Å²) in [7, 11) is -2.89. The van der Waals surface area contributed by atoms with Crippen LogP contribution in [0.1, 0.15) is 44.7 Å². The van der Waals surface area contributed by atoms with Gasteiger partial charge in [0.15, 0.2) is 0 Å². The number of nitrogens with one attached hydrogen (secondary N) is 1. The van der Waals surface area contributed by atoms with Crippen LogP contribution in [0.3, 0.4) is 0 Å². The Morgan fingerprint density at radius 3 is 2.67 bits per heavy atom. The molecule has 0 aliphatic carbocycles. The Morgan fingerprint density at radius 1 is 1.29 bits per heavy atom. The largest absolute Gasteiger partial charge is 0.494 e. The summed E-state index contributed by atoms with van der Waals surface area (Å²) in [5, 5.41) is 3.49. The highest BCUT2D eigenvalue weighted by Gasteiger charge is 2.13. The second-order valence-corrected chi connectivity index (χ2v) is 7.54. The molecule has 0 aromatic heterocycles. The summed E-state index contributed by atoms with van der Waals surface area (Å²) in [6.07, 6.45) is 3.81. The van der Waals surface area contributed by atoms with Crippen molar-refractivity contribution < 1.29 is 13.2 Å². The zero-order valence-electron chi connectivity index (χ0n) is 13.3. The standard InChI is InChI=1S/C16H27NO3S/c1-4-11-17-16(10-7-12-21(3,18)19)14-8-6-9-15(13-14)20-5-2/h6,8-9,13,16-17H,4-5,7,10-12H2,1-3H3. The highest BCUT2D eigenvalue weighted by atomic mass is 32.2. The molecule has 0 aliphatic heterocycles. The first-order valence-electron chi connectivity index (χ1n) is 7.60. The van der Waals surface area contributed by atoms with Gasteiger partial charge < -0.3 is 10.1 Å². The third-order valence-electron chi connectivity index (χ3n) is 3.22. The summed E-state index contributed by atoms with van der Waals surface area (Å²) in [6.45, 7) is 5.65. The summed E-state index contributed by atoms with van der Waals surface area (Å²) in [4.78, 5) is 0. The number of benzene rings is 1. The molecule has 1 atom stereocenters. The minimum atomic E-state index is -2.89. The van der Waals surface area contributed by atoms with Crippen LogP contribution < -0.4 is 10.1 Å². The molecule has 0 fully saturated rings. The summed E-state index contributed by atoms with van der Waals surface area (Å²) < 4.78 is 28.1. The number of sulfone groups is 1. The molecule has 1 unspecified atom stereocenters. The van der Waals surface area contributed by atoms with Gasteiger partial charge in [-0.05, 0) is 50.4 Å². The lowest BCUT2D eigenvalue weighted by Gasteiger charge is -2.19. The zero-order valence-corrected chi connectivity index (χ0v) is 14.1. The van der Waals surface area contributed by atoms with Crippen molar-refractivity contribution in [3.8, 4) is 5.75 Å². The lowest BCUT2D eigenvalue weighted by molar-refractivity contribution is 0.339. The molecule has 0 spiro atoms. The van der Waals surface area contributed by atoms with Crippen LogP contribution in [0.15, 0.2) is 24.3 Å². The Kier molecular flexibility index (Phi) is 7.75. The van der Waals surface area contributed by atoms with Crippen molar-refractivity contribution in [2.45, 2.75) is 39.2 Å². The molecule has 1 aromatic carbocycles. The predicted octanol–water partition coefficient (Wildman–Crippen LogP) is 2.95. The Hall–Kier alpha value is -1.07. The maximum absolute atomic E-state index is 11.3. The first-order chi connectivity index (χ1) is 9.96. The van der Waals surface area contributed by atoms with Gasteiger partial charge in [-0.25, -0.2) is 8.42 Å². The Labute approximate surface area is 128 Å². The smallest absolute Gasteiger partial charge is 0.147 e. The van der Waals surface area contributed by atoms with Crippen LogP contribution in [0, 0.1) is 0 Å². The van der Waals surface area contributed by atoms with E-state index in [4.69, 9.17) is 4.74 Å². The molecule has 5 heteroatoms. The van der Waals surface area contributed by atoms with Gasteiger partial charge in [-0.1, -0.05) is 19.1 Å². The SMILES string of the molecule is CCCNC(CCCS(C)(=O)=O)c1cccc(OCC)c1. The van der Waals surface area contributed by atoms with Crippen LogP contribution in [0.5, 0.6) is 5.75 Å². The van der Waals surface area contributed by atoms with E-state index >= 15 is 0 Å². The molecule has 0 saturated heterocycles. The van der Waals surface area contributed by atoms with Crippen LogP contribution >= 0.6 is 0 Å². The van der Waals surface area contributed by atoms with Crippen molar-refractivity contribution >= 4 is 9.84 Å². The minimum Gasteiger partial charge on any atom is -0.494 e. The molecule has 1 N–H and O–H groups in total. The fourth-order valence-electron chi connectivity index (χ4n) is 2.24. The van der Waals surface area contributed by atoms with Crippen LogP contribution in [0.25, 0.3) is 0 Å². The summed E-state index contributed by atoms with van der Waals surface area (Å²) in [5.41, 5.74) is 1.16. The van der Waals surface area contributed by atoms with Crippen molar-refractivity contribution in [3.63, 3.8) is 0 Å². The highest BCUT2D eigenvalue weighted by Crippen LogP contribution is 2.23. The molecule has 0 heterocycles. The zero-order chi connectivity index (χ0) is 15.7. The van der Waals surface area contributed by atoms with Crippen molar-refractivity contribution in [1.82, 2.24) is 5.32 Å². The van der Waals surface area contributed by atoms with E-state index in [0.29, 0.717) is 13.0 Å². The van der Waals surface area contributed by atoms with E-state index in [2.05, 4.69) is 18.3 Å². The quantitative estimate of drug-likeness (QED) is 0.721. The molecular weight excluding hydrogens is 286 g/mol. The monoisotopic (exact) mass is 313 g/mol.